The standard InChI is InChI=1S/C10H10F2O2/c1-10(14,6-13)5-7-4-8(11)2-3-9(7)12/h2-4,6,14H,5H2,1H3. The highest BCUT2D eigenvalue weighted by Crippen LogP contribution is 2.15. The number of aldehydes is 1. The summed E-state index contributed by atoms with van der Waals surface area (Å²) in [6.45, 7) is 1.24. The lowest BCUT2D eigenvalue weighted by atomic mass is 9.98. The van der Waals surface area contributed by atoms with Crippen molar-refractivity contribution < 1.29 is 18.7 Å². The molecule has 0 spiro atoms. The molecule has 14 heavy (non-hydrogen) atoms. The van der Waals surface area contributed by atoms with E-state index in [4.69, 9.17) is 0 Å². The molecule has 0 heterocycles. The second kappa shape index (κ2) is 3.84. The largest absolute Gasteiger partial charge is 0.382 e. The summed E-state index contributed by atoms with van der Waals surface area (Å²) in [4.78, 5) is 10.4. The van der Waals surface area contributed by atoms with Crippen molar-refractivity contribution in [1.29, 1.82) is 0 Å². The van der Waals surface area contributed by atoms with E-state index in [1.54, 1.807) is 0 Å². The minimum absolute atomic E-state index is 0.0119. The smallest absolute Gasteiger partial charge is 0.151 e. The Bertz CT molecular complexity index is 348. The van der Waals surface area contributed by atoms with Crippen LogP contribution in [0.5, 0.6) is 0 Å². The van der Waals surface area contributed by atoms with E-state index in [-0.39, 0.29) is 12.0 Å². The molecule has 2 nitrogen and oxygen atoms in total. The Kier molecular flexibility index (Phi) is 2.96. The fourth-order valence-corrected chi connectivity index (χ4v) is 1.11. The van der Waals surface area contributed by atoms with Gasteiger partial charge in [-0.25, -0.2) is 8.78 Å². The number of hydrogen-bond donors (Lipinski definition) is 1. The van der Waals surface area contributed by atoms with Crippen molar-refractivity contribution in [2.45, 2.75) is 18.9 Å². The van der Waals surface area contributed by atoms with Crippen LogP contribution in [0.25, 0.3) is 0 Å². The normalized spacial score (nSPS) is 14.9. The molecule has 0 aromatic heterocycles. The van der Waals surface area contributed by atoms with E-state index >= 15 is 0 Å². The molecule has 0 saturated carbocycles. The summed E-state index contributed by atoms with van der Waals surface area (Å²) in [5, 5.41) is 9.33. The summed E-state index contributed by atoms with van der Waals surface area (Å²) in [5.41, 5.74) is -1.67. The van der Waals surface area contributed by atoms with Crippen LogP contribution < -0.4 is 0 Å². The van der Waals surface area contributed by atoms with Gasteiger partial charge in [0.2, 0.25) is 0 Å². The zero-order chi connectivity index (χ0) is 10.8. The Balaban J connectivity index is 2.96. The van der Waals surface area contributed by atoms with Gasteiger partial charge in [-0.1, -0.05) is 0 Å². The fraction of sp³-hybridized carbons (Fsp3) is 0.300. The maximum absolute atomic E-state index is 13.0. The van der Waals surface area contributed by atoms with Crippen molar-refractivity contribution in [3.8, 4) is 0 Å². The van der Waals surface area contributed by atoms with Gasteiger partial charge in [-0.3, -0.25) is 0 Å². The van der Waals surface area contributed by atoms with Gasteiger partial charge in [0.1, 0.15) is 17.2 Å². The number of carbonyl (C=O) groups excluding carboxylic acids is 1. The Morgan fingerprint density at radius 3 is 2.71 bits per heavy atom. The average Bonchev–Trinajstić information content (AvgIpc) is 2.11. The Labute approximate surface area is 80.2 Å². The van der Waals surface area contributed by atoms with Crippen LogP contribution in [-0.2, 0) is 11.2 Å². The topological polar surface area (TPSA) is 37.3 Å². The van der Waals surface area contributed by atoms with Crippen LogP contribution in [-0.4, -0.2) is 17.0 Å². The Morgan fingerprint density at radius 1 is 1.50 bits per heavy atom. The lowest BCUT2D eigenvalue weighted by Gasteiger charge is -2.15. The monoisotopic (exact) mass is 200 g/mol. The highest BCUT2D eigenvalue weighted by atomic mass is 19.1. The zero-order valence-corrected chi connectivity index (χ0v) is 7.63. The van der Waals surface area contributed by atoms with Gasteiger partial charge in [0.25, 0.3) is 0 Å². The van der Waals surface area contributed by atoms with Crippen molar-refractivity contribution in [2.24, 2.45) is 0 Å². The van der Waals surface area contributed by atoms with E-state index < -0.39 is 17.2 Å². The molecule has 0 saturated heterocycles. The van der Waals surface area contributed by atoms with Crippen molar-refractivity contribution in [3.63, 3.8) is 0 Å². The van der Waals surface area contributed by atoms with Crippen LogP contribution >= 0.6 is 0 Å². The van der Waals surface area contributed by atoms with Crippen LogP contribution in [0.2, 0.25) is 0 Å². The first-order chi connectivity index (χ1) is 6.44. The molecule has 1 aromatic rings. The molecule has 1 atom stereocenters. The Morgan fingerprint density at radius 2 is 2.14 bits per heavy atom. The molecule has 1 rings (SSSR count). The van der Waals surface area contributed by atoms with Gasteiger partial charge in [-0.15, -0.1) is 0 Å². The molecule has 1 aromatic carbocycles. The number of aliphatic hydroxyl groups is 1. The number of benzene rings is 1. The van der Waals surface area contributed by atoms with Gasteiger partial charge in [0, 0.05) is 6.42 Å². The molecule has 0 radical (unpaired) electrons. The molecule has 0 bridgehead atoms. The third-order valence-corrected chi connectivity index (χ3v) is 1.81. The van der Waals surface area contributed by atoms with Gasteiger partial charge in [0.05, 0.1) is 0 Å². The number of carbonyl (C=O) groups is 1. The molecule has 0 amide bonds. The first kappa shape index (κ1) is 10.8. The molecule has 4 heteroatoms. The number of rotatable bonds is 3. The van der Waals surface area contributed by atoms with E-state index in [9.17, 15) is 18.7 Å². The molecule has 0 fully saturated rings. The summed E-state index contributed by atoms with van der Waals surface area (Å²) in [7, 11) is 0. The van der Waals surface area contributed by atoms with Crippen molar-refractivity contribution >= 4 is 6.29 Å². The minimum atomic E-state index is -1.66. The number of hydrogen-bond acceptors (Lipinski definition) is 2. The molecule has 1 N–H and O–H groups in total. The van der Waals surface area contributed by atoms with Gasteiger partial charge in [-0.05, 0) is 30.7 Å². The summed E-state index contributed by atoms with van der Waals surface area (Å²) in [6.07, 6.45) is 0.0669. The maximum atomic E-state index is 13.0. The highest BCUT2D eigenvalue weighted by Gasteiger charge is 2.21. The van der Waals surface area contributed by atoms with Crippen LogP contribution in [0.4, 0.5) is 8.78 Å². The lowest BCUT2D eigenvalue weighted by Crippen LogP contribution is -2.29. The maximum Gasteiger partial charge on any atom is 0.151 e. The SMILES string of the molecule is CC(O)(C=O)Cc1cc(F)ccc1F. The average molecular weight is 200 g/mol. The second-order valence-electron chi connectivity index (χ2n) is 3.39. The van der Waals surface area contributed by atoms with Crippen LogP contribution in [0.15, 0.2) is 18.2 Å². The zero-order valence-electron chi connectivity index (χ0n) is 7.63. The van der Waals surface area contributed by atoms with Crippen molar-refractivity contribution in [1.82, 2.24) is 0 Å². The third kappa shape index (κ3) is 2.60. The van der Waals surface area contributed by atoms with Gasteiger partial charge < -0.3 is 9.90 Å². The van der Waals surface area contributed by atoms with Gasteiger partial charge in [0.15, 0.2) is 6.29 Å². The van der Waals surface area contributed by atoms with E-state index in [0.29, 0.717) is 6.29 Å². The summed E-state index contributed by atoms with van der Waals surface area (Å²) < 4.78 is 25.7. The van der Waals surface area contributed by atoms with Crippen molar-refractivity contribution in [3.05, 3.63) is 35.4 Å². The number of halogens is 2. The molecule has 76 valence electrons. The Hall–Kier alpha value is -1.29. The van der Waals surface area contributed by atoms with E-state index in [1.165, 1.54) is 6.92 Å². The lowest BCUT2D eigenvalue weighted by molar-refractivity contribution is -0.122. The molecule has 1 unspecified atom stereocenters. The van der Waals surface area contributed by atoms with E-state index in [2.05, 4.69) is 0 Å². The quantitative estimate of drug-likeness (QED) is 0.750. The first-order valence-corrected chi connectivity index (χ1v) is 4.07. The fourth-order valence-electron chi connectivity index (χ4n) is 1.11. The van der Waals surface area contributed by atoms with Gasteiger partial charge in [-0.2, -0.15) is 0 Å². The van der Waals surface area contributed by atoms with Crippen LogP contribution in [0.1, 0.15) is 12.5 Å². The first-order valence-electron chi connectivity index (χ1n) is 4.07. The van der Waals surface area contributed by atoms with E-state index in [0.717, 1.165) is 18.2 Å². The van der Waals surface area contributed by atoms with Crippen LogP contribution in [0, 0.1) is 11.6 Å². The summed E-state index contributed by atoms with van der Waals surface area (Å²) in [5.74, 6) is -1.23. The summed E-state index contributed by atoms with van der Waals surface area (Å²) in [6, 6.07) is 2.91. The molecular formula is C10H10F2O2. The van der Waals surface area contributed by atoms with E-state index in [1.807, 2.05) is 0 Å². The van der Waals surface area contributed by atoms with Gasteiger partial charge >= 0.3 is 0 Å². The minimum Gasteiger partial charge on any atom is -0.382 e. The molecular weight excluding hydrogens is 190 g/mol. The van der Waals surface area contributed by atoms with Crippen molar-refractivity contribution in [2.75, 3.05) is 0 Å². The summed E-state index contributed by atoms with van der Waals surface area (Å²) >= 11 is 0. The second-order valence-corrected chi connectivity index (χ2v) is 3.39. The predicted molar refractivity (Wildman–Crippen MR) is 46.7 cm³/mol. The predicted octanol–water partition coefficient (Wildman–Crippen LogP) is 1.46. The third-order valence-electron chi connectivity index (χ3n) is 1.81. The molecule has 0 aliphatic carbocycles. The molecule has 0 aliphatic rings. The molecule has 0 aliphatic heterocycles. The highest BCUT2D eigenvalue weighted by molar-refractivity contribution is 5.62. The van der Waals surface area contributed by atoms with Crippen LogP contribution in [0.3, 0.4) is 0 Å².